The fourth-order valence-corrected chi connectivity index (χ4v) is 0.992. The number of aliphatic hydroxyl groups excluding tert-OH is 1. The molecule has 0 saturated heterocycles. The number of carbonyl (C=O) groups is 1. The molecule has 0 atom stereocenters. The SMILES string of the molecule is CCC(C)(CC)C(O)=CC(=O)C(F)(F)F. The van der Waals surface area contributed by atoms with Gasteiger partial charge >= 0.3 is 6.18 Å². The molecule has 0 aromatic heterocycles. The molecule has 15 heavy (non-hydrogen) atoms. The quantitative estimate of drug-likeness (QED) is 0.587. The fraction of sp³-hybridized carbons (Fsp3) is 0.700. The third-order valence-electron chi connectivity index (χ3n) is 2.73. The minimum atomic E-state index is -4.92. The molecule has 1 N–H and O–H groups in total. The van der Waals surface area contributed by atoms with Gasteiger partial charge in [0.05, 0.1) is 0 Å². The van der Waals surface area contributed by atoms with Gasteiger partial charge in [0, 0.05) is 11.5 Å². The maximum Gasteiger partial charge on any atom is 0.454 e. The van der Waals surface area contributed by atoms with Gasteiger partial charge in [-0.15, -0.1) is 0 Å². The first kappa shape index (κ1) is 14.0. The zero-order valence-electron chi connectivity index (χ0n) is 8.98. The highest BCUT2D eigenvalue weighted by Crippen LogP contribution is 2.33. The predicted octanol–water partition coefficient (Wildman–Crippen LogP) is 3.39. The minimum absolute atomic E-state index is 0.271. The summed E-state index contributed by atoms with van der Waals surface area (Å²) in [7, 11) is 0. The van der Waals surface area contributed by atoms with Gasteiger partial charge < -0.3 is 5.11 Å². The molecule has 0 spiro atoms. The number of carbonyl (C=O) groups excluding carboxylic acids is 1. The van der Waals surface area contributed by atoms with E-state index >= 15 is 0 Å². The average molecular weight is 224 g/mol. The van der Waals surface area contributed by atoms with Gasteiger partial charge in [-0.25, -0.2) is 0 Å². The molecule has 0 aliphatic carbocycles. The van der Waals surface area contributed by atoms with Gasteiger partial charge in [-0.3, -0.25) is 4.79 Å². The first-order valence-corrected chi connectivity index (χ1v) is 4.69. The third kappa shape index (κ3) is 3.57. The molecule has 0 fully saturated rings. The van der Waals surface area contributed by atoms with Crippen molar-refractivity contribution in [3.05, 3.63) is 11.8 Å². The Hall–Kier alpha value is -1.00. The van der Waals surface area contributed by atoms with Crippen LogP contribution in [0.15, 0.2) is 11.8 Å². The lowest BCUT2D eigenvalue weighted by atomic mass is 9.82. The summed E-state index contributed by atoms with van der Waals surface area (Å²) >= 11 is 0. The van der Waals surface area contributed by atoms with Gasteiger partial charge in [0.2, 0.25) is 0 Å². The first-order valence-electron chi connectivity index (χ1n) is 4.69. The van der Waals surface area contributed by atoms with E-state index < -0.39 is 23.1 Å². The molecule has 0 aliphatic rings. The Balaban J connectivity index is 4.92. The normalized spacial score (nSPS) is 14.1. The Morgan fingerprint density at radius 1 is 1.27 bits per heavy atom. The molecule has 0 radical (unpaired) electrons. The van der Waals surface area contributed by atoms with Crippen molar-refractivity contribution in [3.8, 4) is 0 Å². The van der Waals surface area contributed by atoms with Crippen molar-refractivity contribution in [2.45, 2.75) is 39.8 Å². The van der Waals surface area contributed by atoms with Gasteiger partial charge in [0.1, 0.15) is 5.76 Å². The lowest BCUT2D eigenvalue weighted by molar-refractivity contribution is -0.165. The lowest BCUT2D eigenvalue weighted by Gasteiger charge is -2.25. The van der Waals surface area contributed by atoms with Crippen LogP contribution in [-0.4, -0.2) is 17.1 Å². The van der Waals surface area contributed by atoms with E-state index in [1.807, 2.05) is 0 Å². The van der Waals surface area contributed by atoms with Crippen molar-refractivity contribution in [1.29, 1.82) is 0 Å². The molecule has 88 valence electrons. The van der Waals surface area contributed by atoms with Crippen LogP contribution in [-0.2, 0) is 4.79 Å². The minimum Gasteiger partial charge on any atom is -0.512 e. The van der Waals surface area contributed by atoms with E-state index in [-0.39, 0.29) is 6.08 Å². The number of aliphatic hydroxyl groups is 1. The van der Waals surface area contributed by atoms with Crippen LogP contribution < -0.4 is 0 Å². The van der Waals surface area contributed by atoms with Crippen LogP contribution in [0.2, 0.25) is 0 Å². The summed E-state index contributed by atoms with van der Waals surface area (Å²) in [5.41, 5.74) is -0.763. The number of allylic oxidation sites excluding steroid dienone is 2. The molecular weight excluding hydrogens is 209 g/mol. The van der Waals surface area contributed by atoms with Crippen LogP contribution in [0.25, 0.3) is 0 Å². The zero-order valence-corrected chi connectivity index (χ0v) is 8.98. The van der Waals surface area contributed by atoms with Crippen LogP contribution in [0.4, 0.5) is 13.2 Å². The van der Waals surface area contributed by atoms with Crippen molar-refractivity contribution >= 4 is 5.78 Å². The topological polar surface area (TPSA) is 37.3 Å². The zero-order chi connectivity index (χ0) is 12.3. The van der Waals surface area contributed by atoms with Crippen LogP contribution in [0.1, 0.15) is 33.6 Å². The van der Waals surface area contributed by atoms with Crippen LogP contribution >= 0.6 is 0 Å². The van der Waals surface area contributed by atoms with Crippen LogP contribution in [0.5, 0.6) is 0 Å². The van der Waals surface area contributed by atoms with Gasteiger partial charge in [0.15, 0.2) is 0 Å². The summed E-state index contributed by atoms with van der Waals surface area (Å²) in [5, 5.41) is 9.44. The summed E-state index contributed by atoms with van der Waals surface area (Å²) in [6.07, 6.45) is -3.71. The summed E-state index contributed by atoms with van der Waals surface area (Å²) in [5.74, 6) is -2.53. The molecule has 0 rings (SSSR count). The second-order valence-corrected chi connectivity index (χ2v) is 3.66. The highest BCUT2D eigenvalue weighted by atomic mass is 19.4. The lowest BCUT2D eigenvalue weighted by Crippen LogP contribution is -2.24. The number of rotatable bonds is 4. The summed E-state index contributed by atoms with van der Waals surface area (Å²) in [4.78, 5) is 10.6. The van der Waals surface area contributed by atoms with Crippen LogP contribution in [0.3, 0.4) is 0 Å². The predicted molar refractivity (Wildman–Crippen MR) is 50.5 cm³/mol. The first-order chi connectivity index (χ1) is 6.67. The Bertz CT molecular complexity index is 262. The average Bonchev–Trinajstić information content (AvgIpc) is 2.14. The number of alkyl halides is 3. The molecule has 0 aliphatic heterocycles. The second kappa shape index (κ2) is 4.68. The Labute approximate surface area is 86.8 Å². The van der Waals surface area contributed by atoms with E-state index in [9.17, 15) is 23.1 Å². The van der Waals surface area contributed by atoms with E-state index in [4.69, 9.17) is 0 Å². The molecular formula is C10H15F3O2. The number of hydrogen-bond acceptors (Lipinski definition) is 2. The summed E-state index contributed by atoms with van der Waals surface area (Å²) < 4.78 is 35.7. The molecule has 0 aromatic rings. The van der Waals surface area contributed by atoms with E-state index in [1.54, 1.807) is 20.8 Å². The van der Waals surface area contributed by atoms with Crippen molar-refractivity contribution in [2.75, 3.05) is 0 Å². The fourth-order valence-electron chi connectivity index (χ4n) is 0.992. The van der Waals surface area contributed by atoms with Crippen molar-refractivity contribution in [3.63, 3.8) is 0 Å². The molecule has 0 heterocycles. The Morgan fingerprint density at radius 3 is 1.93 bits per heavy atom. The molecule has 5 heteroatoms. The number of ketones is 1. The van der Waals surface area contributed by atoms with E-state index in [2.05, 4.69) is 0 Å². The van der Waals surface area contributed by atoms with Crippen molar-refractivity contribution in [2.24, 2.45) is 5.41 Å². The molecule has 0 unspecified atom stereocenters. The van der Waals surface area contributed by atoms with Gasteiger partial charge in [0.25, 0.3) is 5.78 Å². The maximum absolute atomic E-state index is 11.9. The highest BCUT2D eigenvalue weighted by Gasteiger charge is 2.38. The molecule has 0 aromatic carbocycles. The summed E-state index contributed by atoms with van der Waals surface area (Å²) in [6.45, 7) is 5.10. The molecule has 2 nitrogen and oxygen atoms in total. The van der Waals surface area contributed by atoms with Gasteiger partial charge in [-0.05, 0) is 12.8 Å². The summed E-state index contributed by atoms with van der Waals surface area (Å²) in [6, 6.07) is 0. The Kier molecular flexibility index (Phi) is 4.37. The largest absolute Gasteiger partial charge is 0.512 e. The number of hydrogen-bond donors (Lipinski definition) is 1. The van der Waals surface area contributed by atoms with Crippen LogP contribution in [0, 0.1) is 5.41 Å². The molecule has 0 amide bonds. The van der Waals surface area contributed by atoms with E-state index in [0.29, 0.717) is 12.8 Å². The molecule has 0 saturated carbocycles. The van der Waals surface area contributed by atoms with Crippen molar-refractivity contribution in [1.82, 2.24) is 0 Å². The third-order valence-corrected chi connectivity index (χ3v) is 2.73. The number of halogens is 3. The highest BCUT2D eigenvalue weighted by molar-refractivity contribution is 5.94. The van der Waals surface area contributed by atoms with Crippen molar-refractivity contribution < 1.29 is 23.1 Å². The maximum atomic E-state index is 11.9. The van der Waals surface area contributed by atoms with E-state index in [0.717, 1.165) is 0 Å². The molecule has 0 bridgehead atoms. The van der Waals surface area contributed by atoms with Gasteiger partial charge in [-0.2, -0.15) is 13.2 Å². The Morgan fingerprint density at radius 2 is 1.67 bits per heavy atom. The second-order valence-electron chi connectivity index (χ2n) is 3.66. The monoisotopic (exact) mass is 224 g/mol. The van der Waals surface area contributed by atoms with Gasteiger partial charge in [-0.1, -0.05) is 20.8 Å². The van der Waals surface area contributed by atoms with E-state index in [1.165, 1.54) is 0 Å². The smallest absolute Gasteiger partial charge is 0.454 e. The standard InChI is InChI=1S/C10H15F3O2/c1-4-9(3,5-2)7(14)6-8(15)10(11,12)13/h6,14H,4-5H2,1-3H3.